The van der Waals surface area contributed by atoms with Gasteiger partial charge < -0.3 is 10.6 Å². The van der Waals surface area contributed by atoms with Crippen LogP contribution in [-0.2, 0) is 0 Å². The zero-order chi connectivity index (χ0) is 11.6. The number of hydrogen-bond donors (Lipinski definition) is 1. The Hall–Kier alpha value is -0.890. The van der Waals surface area contributed by atoms with E-state index in [1.807, 2.05) is 25.2 Å². The second-order valence-corrected chi connectivity index (χ2v) is 5.56. The minimum atomic E-state index is 0.240. The molecule has 0 saturated heterocycles. The van der Waals surface area contributed by atoms with E-state index in [2.05, 4.69) is 25.7 Å². The van der Waals surface area contributed by atoms with Crippen LogP contribution in [0.1, 0.15) is 20.8 Å². The third kappa shape index (κ3) is 3.63. The second kappa shape index (κ2) is 4.31. The van der Waals surface area contributed by atoms with E-state index in [1.165, 1.54) is 0 Å². The van der Waals surface area contributed by atoms with Gasteiger partial charge in [0.05, 0.1) is 11.4 Å². The quantitative estimate of drug-likeness (QED) is 0.784. The van der Waals surface area contributed by atoms with Crippen molar-refractivity contribution in [3.05, 3.63) is 23.2 Å². The molecule has 0 unspecified atom stereocenters. The van der Waals surface area contributed by atoms with Gasteiger partial charge in [-0.3, -0.25) is 0 Å². The maximum absolute atomic E-state index is 5.95. The molecule has 0 heterocycles. The molecule has 0 aliphatic rings. The highest BCUT2D eigenvalue weighted by Gasteiger charge is 2.15. The first-order valence-corrected chi connectivity index (χ1v) is 5.43. The molecule has 0 atom stereocenters. The van der Waals surface area contributed by atoms with Crippen LogP contribution in [0.4, 0.5) is 11.4 Å². The van der Waals surface area contributed by atoms with Crippen LogP contribution in [0, 0.1) is 5.41 Å². The largest absolute Gasteiger partial charge is 0.397 e. The lowest BCUT2D eigenvalue weighted by Gasteiger charge is -2.29. The molecule has 0 bridgehead atoms. The lowest BCUT2D eigenvalue weighted by atomic mass is 9.96. The number of halogens is 1. The molecule has 0 amide bonds. The first-order valence-electron chi connectivity index (χ1n) is 5.06. The van der Waals surface area contributed by atoms with Gasteiger partial charge in [-0.2, -0.15) is 0 Å². The topological polar surface area (TPSA) is 29.3 Å². The van der Waals surface area contributed by atoms with E-state index < -0.39 is 0 Å². The van der Waals surface area contributed by atoms with Gasteiger partial charge in [0.15, 0.2) is 0 Å². The van der Waals surface area contributed by atoms with E-state index in [0.29, 0.717) is 0 Å². The molecule has 1 aromatic rings. The van der Waals surface area contributed by atoms with Gasteiger partial charge in [-0.25, -0.2) is 0 Å². The number of anilines is 2. The Morgan fingerprint density at radius 1 is 1.33 bits per heavy atom. The average Bonchev–Trinajstić information content (AvgIpc) is 2.06. The van der Waals surface area contributed by atoms with Crippen molar-refractivity contribution in [2.45, 2.75) is 20.8 Å². The van der Waals surface area contributed by atoms with E-state index in [-0.39, 0.29) is 5.41 Å². The molecule has 0 saturated carbocycles. The first-order chi connectivity index (χ1) is 6.79. The van der Waals surface area contributed by atoms with Crippen LogP contribution in [0.5, 0.6) is 0 Å². The summed E-state index contributed by atoms with van der Waals surface area (Å²) in [6.45, 7) is 7.54. The summed E-state index contributed by atoms with van der Waals surface area (Å²) in [4.78, 5) is 2.14. The smallest absolute Gasteiger partial charge is 0.0612 e. The molecule has 0 spiro atoms. The molecule has 0 aliphatic heterocycles. The van der Waals surface area contributed by atoms with Crippen molar-refractivity contribution in [1.82, 2.24) is 0 Å². The predicted molar refractivity (Wildman–Crippen MR) is 68.6 cm³/mol. The Bertz CT molecular complexity index is 342. The van der Waals surface area contributed by atoms with Crippen molar-refractivity contribution in [1.29, 1.82) is 0 Å². The van der Waals surface area contributed by atoms with Gasteiger partial charge in [0.2, 0.25) is 0 Å². The third-order valence-electron chi connectivity index (χ3n) is 2.12. The van der Waals surface area contributed by atoms with Gasteiger partial charge >= 0.3 is 0 Å². The molecule has 3 heteroatoms. The molecule has 15 heavy (non-hydrogen) atoms. The van der Waals surface area contributed by atoms with Crippen LogP contribution in [0.15, 0.2) is 18.2 Å². The van der Waals surface area contributed by atoms with Gasteiger partial charge in [-0.05, 0) is 23.6 Å². The monoisotopic (exact) mass is 226 g/mol. The maximum atomic E-state index is 5.95. The van der Waals surface area contributed by atoms with Crippen molar-refractivity contribution < 1.29 is 0 Å². The summed E-state index contributed by atoms with van der Waals surface area (Å²) in [5.74, 6) is 0. The van der Waals surface area contributed by atoms with Gasteiger partial charge in [0, 0.05) is 18.6 Å². The third-order valence-corrected chi connectivity index (χ3v) is 2.35. The van der Waals surface area contributed by atoms with Gasteiger partial charge in [0.1, 0.15) is 0 Å². The molecule has 1 aromatic carbocycles. The molecule has 1 rings (SSSR count). The molecule has 0 aliphatic carbocycles. The zero-order valence-electron chi connectivity index (χ0n) is 9.84. The van der Waals surface area contributed by atoms with Crippen molar-refractivity contribution in [2.24, 2.45) is 5.41 Å². The Labute approximate surface area is 97.0 Å². The van der Waals surface area contributed by atoms with E-state index in [4.69, 9.17) is 17.3 Å². The van der Waals surface area contributed by atoms with Crippen molar-refractivity contribution in [3.8, 4) is 0 Å². The molecule has 0 fully saturated rings. The Balaban J connectivity index is 2.90. The predicted octanol–water partition coefficient (Wildman–Crippen LogP) is 3.40. The Kier molecular flexibility index (Phi) is 3.50. The van der Waals surface area contributed by atoms with Gasteiger partial charge in [-0.15, -0.1) is 0 Å². The highest BCUT2D eigenvalue weighted by atomic mass is 35.5. The fraction of sp³-hybridized carbons (Fsp3) is 0.500. The molecule has 0 radical (unpaired) electrons. The summed E-state index contributed by atoms with van der Waals surface area (Å²) in [6, 6.07) is 5.56. The van der Waals surface area contributed by atoms with Crippen LogP contribution >= 0.6 is 11.6 Å². The summed E-state index contributed by atoms with van der Waals surface area (Å²) >= 11 is 5.95. The number of rotatable bonds is 2. The summed E-state index contributed by atoms with van der Waals surface area (Å²) in [6.07, 6.45) is 0. The van der Waals surface area contributed by atoms with Crippen LogP contribution in [0.3, 0.4) is 0 Å². The second-order valence-electron chi connectivity index (χ2n) is 5.12. The molecular weight excluding hydrogens is 208 g/mol. The normalized spacial score (nSPS) is 11.5. The fourth-order valence-electron chi connectivity index (χ4n) is 1.64. The number of nitrogens with two attached hydrogens (primary N) is 1. The zero-order valence-corrected chi connectivity index (χ0v) is 10.6. The van der Waals surface area contributed by atoms with E-state index in [9.17, 15) is 0 Å². The highest BCUT2D eigenvalue weighted by molar-refractivity contribution is 6.31. The van der Waals surface area contributed by atoms with Gasteiger partial charge in [0.25, 0.3) is 0 Å². The maximum Gasteiger partial charge on any atom is 0.0612 e. The van der Waals surface area contributed by atoms with Crippen LogP contribution in [-0.4, -0.2) is 13.6 Å². The minimum absolute atomic E-state index is 0.240. The Morgan fingerprint density at radius 3 is 2.47 bits per heavy atom. The Morgan fingerprint density at radius 2 is 1.93 bits per heavy atom. The van der Waals surface area contributed by atoms with E-state index in [1.54, 1.807) is 0 Å². The summed E-state index contributed by atoms with van der Waals surface area (Å²) in [5, 5.41) is 0.722. The van der Waals surface area contributed by atoms with Crippen LogP contribution < -0.4 is 10.6 Å². The summed E-state index contributed by atoms with van der Waals surface area (Å²) < 4.78 is 0. The molecular formula is C12H19ClN2. The van der Waals surface area contributed by atoms with Crippen molar-refractivity contribution >= 4 is 23.0 Å². The fourth-order valence-corrected chi connectivity index (χ4v) is 1.81. The lowest BCUT2D eigenvalue weighted by Crippen LogP contribution is -2.29. The summed E-state index contributed by atoms with van der Waals surface area (Å²) in [5.41, 5.74) is 7.92. The first kappa shape index (κ1) is 12.2. The molecule has 0 aromatic heterocycles. The van der Waals surface area contributed by atoms with Crippen molar-refractivity contribution in [2.75, 3.05) is 24.2 Å². The average molecular weight is 227 g/mol. The van der Waals surface area contributed by atoms with E-state index >= 15 is 0 Å². The van der Waals surface area contributed by atoms with Crippen molar-refractivity contribution in [3.63, 3.8) is 0 Å². The number of benzene rings is 1. The van der Waals surface area contributed by atoms with E-state index in [0.717, 1.165) is 22.9 Å². The number of hydrogen-bond acceptors (Lipinski definition) is 2. The van der Waals surface area contributed by atoms with Gasteiger partial charge in [-0.1, -0.05) is 32.4 Å². The minimum Gasteiger partial charge on any atom is -0.397 e. The number of nitrogens with zero attached hydrogens (tertiary/aromatic N) is 1. The summed E-state index contributed by atoms with van der Waals surface area (Å²) in [7, 11) is 2.03. The SMILES string of the molecule is CN(CC(C)(C)C)c1cc(Cl)ccc1N. The standard InChI is InChI=1S/C12H19ClN2/c1-12(2,3)8-15(4)11-7-9(13)5-6-10(11)14/h5-7H,8,14H2,1-4H3. The van der Waals surface area contributed by atoms with Crippen LogP contribution in [0.25, 0.3) is 0 Å². The molecule has 84 valence electrons. The molecule has 2 nitrogen and oxygen atoms in total. The molecule has 2 N–H and O–H groups in total. The highest BCUT2D eigenvalue weighted by Crippen LogP contribution is 2.28. The lowest BCUT2D eigenvalue weighted by molar-refractivity contribution is 0.419. The number of nitrogen functional groups attached to an aromatic ring is 1. The van der Waals surface area contributed by atoms with Crippen LogP contribution in [0.2, 0.25) is 5.02 Å².